The predicted molar refractivity (Wildman–Crippen MR) is 72.0 cm³/mol. The van der Waals surface area contributed by atoms with E-state index in [1.54, 1.807) is 24.0 Å². The third-order valence-electron chi connectivity index (χ3n) is 2.44. The van der Waals surface area contributed by atoms with Crippen LogP contribution in [0, 0.1) is 0 Å². The molecule has 0 aromatic heterocycles. The van der Waals surface area contributed by atoms with Gasteiger partial charge in [0.05, 0.1) is 6.10 Å². The van der Waals surface area contributed by atoms with E-state index in [0.29, 0.717) is 12.1 Å². The zero-order valence-corrected chi connectivity index (χ0v) is 11.9. The van der Waals surface area contributed by atoms with Gasteiger partial charge in [0.2, 0.25) is 0 Å². The Balaban J connectivity index is 2.88. The van der Waals surface area contributed by atoms with Crippen LogP contribution in [-0.4, -0.2) is 34.6 Å². The van der Waals surface area contributed by atoms with E-state index in [1.807, 2.05) is 26.0 Å². The molecule has 1 unspecified atom stereocenters. The summed E-state index contributed by atoms with van der Waals surface area (Å²) < 4.78 is 0.945. The first-order valence-corrected chi connectivity index (χ1v) is 6.45. The largest absolute Gasteiger partial charge is 0.392 e. The highest BCUT2D eigenvalue weighted by atomic mass is 79.9. The van der Waals surface area contributed by atoms with E-state index in [2.05, 4.69) is 15.9 Å². The van der Waals surface area contributed by atoms with Gasteiger partial charge in [0.15, 0.2) is 0 Å². The number of aliphatic hydroxyl groups excluding tert-OH is 1. The number of benzene rings is 1. The average Bonchev–Trinajstić information content (AvgIpc) is 2.25. The third kappa shape index (κ3) is 4.13. The van der Waals surface area contributed by atoms with Crippen molar-refractivity contribution in [1.82, 2.24) is 4.90 Å². The fourth-order valence-electron chi connectivity index (χ4n) is 1.57. The van der Waals surface area contributed by atoms with E-state index in [1.165, 1.54) is 0 Å². The molecule has 1 amide bonds. The van der Waals surface area contributed by atoms with Crippen molar-refractivity contribution in [2.24, 2.45) is 0 Å². The van der Waals surface area contributed by atoms with Crippen molar-refractivity contribution in [1.29, 1.82) is 0 Å². The molecule has 4 heteroatoms. The molecule has 1 aromatic carbocycles. The summed E-state index contributed by atoms with van der Waals surface area (Å²) in [5.74, 6) is -0.0478. The van der Waals surface area contributed by atoms with Crippen molar-refractivity contribution < 1.29 is 9.90 Å². The summed E-state index contributed by atoms with van der Waals surface area (Å²) in [5.41, 5.74) is 0.641. The summed E-state index contributed by atoms with van der Waals surface area (Å²) in [5, 5.41) is 9.41. The Morgan fingerprint density at radius 1 is 1.29 bits per heavy atom. The molecule has 0 aliphatic carbocycles. The molecule has 0 radical (unpaired) electrons. The summed E-state index contributed by atoms with van der Waals surface area (Å²) in [6.07, 6.45) is -0.517. The number of hydrogen-bond donors (Lipinski definition) is 1. The smallest absolute Gasteiger partial charge is 0.254 e. The normalized spacial score (nSPS) is 12.6. The number of nitrogens with zero attached hydrogens (tertiary/aromatic N) is 1. The van der Waals surface area contributed by atoms with Crippen LogP contribution in [-0.2, 0) is 0 Å². The lowest BCUT2D eigenvalue weighted by Gasteiger charge is -2.28. The zero-order chi connectivity index (χ0) is 13.0. The second-order valence-corrected chi connectivity index (χ2v) is 5.32. The van der Waals surface area contributed by atoms with Crippen LogP contribution in [0.5, 0.6) is 0 Å². The number of carbonyl (C=O) groups excluding carboxylic acids is 1. The van der Waals surface area contributed by atoms with E-state index in [9.17, 15) is 9.90 Å². The van der Waals surface area contributed by atoms with Crippen LogP contribution in [0.4, 0.5) is 0 Å². The van der Waals surface area contributed by atoms with Gasteiger partial charge in [-0.25, -0.2) is 0 Å². The molecule has 1 rings (SSSR count). The topological polar surface area (TPSA) is 40.5 Å². The molecule has 0 fully saturated rings. The third-order valence-corrected chi connectivity index (χ3v) is 2.96. The molecule has 0 aliphatic rings. The maximum atomic E-state index is 12.2. The van der Waals surface area contributed by atoms with Gasteiger partial charge in [-0.3, -0.25) is 4.79 Å². The van der Waals surface area contributed by atoms with Crippen LogP contribution in [0.25, 0.3) is 0 Å². The molecule has 0 aliphatic heterocycles. The van der Waals surface area contributed by atoms with Gasteiger partial charge in [-0.2, -0.15) is 0 Å². The van der Waals surface area contributed by atoms with Gasteiger partial charge in [0.25, 0.3) is 5.91 Å². The lowest BCUT2D eigenvalue weighted by molar-refractivity contribution is 0.0579. The van der Waals surface area contributed by atoms with Crippen LogP contribution in [0.3, 0.4) is 0 Å². The van der Waals surface area contributed by atoms with Crippen molar-refractivity contribution in [3.8, 4) is 0 Å². The first kappa shape index (κ1) is 14.2. The van der Waals surface area contributed by atoms with Gasteiger partial charge in [0.1, 0.15) is 0 Å². The van der Waals surface area contributed by atoms with Gasteiger partial charge >= 0.3 is 0 Å². The second-order valence-electron chi connectivity index (χ2n) is 4.41. The van der Waals surface area contributed by atoms with Crippen molar-refractivity contribution in [3.05, 3.63) is 34.3 Å². The SMILES string of the molecule is CC(O)CN(C(=O)c1ccc(Br)cc1)C(C)C. The monoisotopic (exact) mass is 299 g/mol. The highest BCUT2D eigenvalue weighted by molar-refractivity contribution is 9.10. The number of carbonyl (C=O) groups is 1. The maximum Gasteiger partial charge on any atom is 0.254 e. The lowest BCUT2D eigenvalue weighted by atomic mass is 10.1. The molecule has 0 spiro atoms. The number of halogens is 1. The molecule has 1 atom stereocenters. The number of amides is 1. The fourth-order valence-corrected chi connectivity index (χ4v) is 1.84. The molecular weight excluding hydrogens is 282 g/mol. The molecule has 0 saturated heterocycles. The van der Waals surface area contributed by atoms with E-state index in [4.69, 9.17) is 0 Å². The molecule has 1 aromatic rings. The van der Waals surface area contributed by atoms with Crippen molar-refractivity contribution >= 4 is 21.8 Å². The van der Waals surface area contributed by atoms with E-state index < -0.39 is 6.10 Å². The average molecular weight is 300 g/mol. The minimum absolute atomic E-state index is 0.0478. The highest BCUT2D eigenvalue weighted by Gasteiger charge is 2.19. The number of aliphatic hydroxyl groups is 1. The zero-order valence-electron chi connectivity index (χ0n) is 10.4. The number of hydrogen-bond acceptors (Lipinski definition) is 2. The quantitative estimate of drug-likeness (QED) is 0.928. The fraction of sp³-hybridized carbons (Fsp3) is 0.462. The van der Waals surface area contributed by atoms with E-state index >= 15 is 0 Å². The Bertz CT molecular complexity index is 374. The molecule has 0 saturated carbocycles. The summed E-state index contributed by atoms with van der Waals surface area (Å²) in [7, 11) is 0. The van der Waals surface area contributed by atoms with Gasteiger partial charge in [-0.15, -0.1) is 0 Å². The van der Waals surface area contributed by atoms with Gasteiger partial charge < -0.3 is 10.0 Å². The number of rotatable bonds is 4. The Kier molecular flexibility index (Phi) is 5.15. The first-order valence-electron chi connectivity index (χ1n) is 5.66. The standard InChI is InChI=1S/C13H18BrNO2/c1-9(2)15(8-10(3)16)13(17)11-4-6-12(14)7-5-11/h4-7,9-10,16H,8H2,1-3H3. The molecule has 0 heterocycles. The molecular formula is C13H18BrNO2. The van der Waals surface area contributed by atoms with Crippen molar-refractivity contribution in [2.75, 3.05) is 6.54 Å². The van der Waals surface area contributed by atoms with Crippen LogP contribution < -0.4 is 0 Å². The summed E-state index contributed by atoms with van der Waals surface area (Å²) >= 11 is 3.34. The Labute approximate surface area is 111 Å². The van der Waals surface area contributed by atoms with Gasteiger partial charge in [0, 0.05) is 22.6 Å². The minimum Gasteiger partial charge on any atom is -0.392 e. The Morgan fingerprint density at radius 2 is 1.82 bits per heavy atom. The minimum atomic E-state index is -0.517. The molecule has 1 N–H and O–H groups in total. The summed E-state index contributed by atoms with van der Waals surface area (Å²) in [4.78, 5) is 13.9. The molecule has 0 bridgehead atoms. The predicted octanol–water partition coefficient (Wildman–Crippen LogP) is 2.68. The Hall–Kier alpha value is -0.870. The maximum absolute atomic E-state index is 12.2. The summed E-state index contributed by atoms with van der Waals surface area (Å²) in [6.45, 7) is 5.93. The van der Waals surface area contributed by atoms with Crippen LogP contribution in [0.15, 0.2) is 28.7 Å². The van der Waals surface area contributed by atoms with E-state index in [0.717, 1.165) is 4.47 Å². The van der Waals surface area contributed by atoms with Crippen LogP contribution >= 0.6 is 15.9 Å². The second kappa shape index (κ2) is 6.17. The van der Waals surface area contributed by atoms with Gasteiger partial charge in [-0.05, 0) is 45.0 Å². The molecule has 94 valence electrons. The van der Waals surface area contributed by atoms with E-state index in [-0.39, 0.29) is 11.9 Å². The molecule has 17 heavy (non-hydrogen) atoms. The molecule has 3 nitrogen and oxygen atoms in total. The summed E-state index contributed by atoms with van der Waals surface area (Å²) in [6, 6.07) is 7.32. The van der Waals surface area contributed by atoms with Crippen molar-refractivity contribution in [2.45, 2.75) is 32.9 Å². The Morgan fingerprint density at radius 3 is 2.24 bits per heavy atom. The first-order chi connectivity index (χ1) is 7.91. The van der Waals surface area contributed by atoms with Gasteiger partial charge in [-0.1, -0.05) is 15.9 Å². The highest BCUT2D eigenvalue weighted by Crippen LogP contribution is 2.14. The van der Waals surface area contributed by atoms with Crippen LogP contribution in [0.1, 0.15) is 31.1 Å². The lowest BCUT2D eigenvalue weighted by Crippen LogP contribution is -2.41. The van der Waals surface area contributed by atoms with Crippen molar-refractivity contribution in [3.63, 3.8) is 0 Å². The van der Waals surface area contributed by atoms with Crippen LogP contribution in [0.2, 0.25) is 0 Å².